The molecule has 0 spiro atoms. The molecule has 0 atom stereocenters. The molecular weight excluding hydrogens is 398 g/mol. The molecule has 132 valence electrons. The largest absolute Gasteiger partial charge is 0.480 e. The highest BCUT2D eigenvalue weighted by Gasteiger charge is 2.09. The van der Waals surface area contributed by atoms with Crippen molar-refractivity contribution in [3.05, 3.63) is 58.6 Å². The van der Waals surface area contributed by atoms with Crippen molar-refractivity contribution in [2.45, 2.75) is 6.42 Å². The second-order valence-corrected chi connectivity index (χ2v) is 5.97. The lowest BCUT2D eigenvalue weighted by Gasteiger charge is -2.07. The number of hydrogen-bond donors (Lipinski definition) is 2. The van der Waals surface area contributed by atoms with E-state index in [1.165, 1.54) is 6.21 Å². The average molecular weight is 414 g/mol. The third-order valence-electron chi connectivity index (χ3n) is 3.05. The summed E-state index contributed by atoms with van der Waals surface area (Å²) in [6.07, 6.45) is 6.26. The lowest BCUT2D eigenvalue weighted by atomic mass is 10.2. The molecule has 0 saturated heterocycles. The molecule has 0 bridgehead atoms. The summed E-state index contributed by atoms with van der Waals surface area (Å²) in [7, 11) is 0. The summed E-state index contributed by atoms with van der Waals surface area (Å²) in [4.78, 5) is 23.6. The van der Waals surface area contributed by atoms with Crippen LogP contribution < -0.4 is 15.5 Å². The monoisotopic (exact) mass is 413 g/mol. The highest BCUT2D eigenvalue weighted by atomic mass is 79.9. The van der Waals surface area contributed by atoms with Crippen LogP contribution in [0.5, 0.6) is 5.75 Å². The average Bonchev–Trinajstić information content (AvgIpc) is 2.61. The first-order valence-corrected chi connectivity index (χ1v) is 8.40. The van der Waals surface area contributed by atoms with E-state index in [0.717, 1.165) is 4.47 Å². The Morgan fingerprint density at radius 1 is 1.19 bits per heavy atom. The molecule has 0 aliphatic rings. The van der Waals surface area contributed by atoms with Crippen LogP contribution in [0.1, 0.15) is 12.0 Å². The van der Waals surface area contributed by atoms with Crippen LogP contribution in [0.15, 0.2) is 58.1 Å². The molecule has 0 aromatic heterocycles. The number of carbonyl (C=O) groups is 2. The number of nitrogens with one attached hydrogen (secondary N) is 2. The number of amides is 2. The SMILES string of the molecule is C#CCOc1ccc(Br)cc1C=NNC(=O)CC(=O)Nc1ccccc1. The molecule has 7 heteroatoms. The Labute approximate surface area is 159 Å². The molecule has 6 nitrogen and oxygen atoms in total. The Bertz CT molecular complexity index is 845. The van der Waals surface area contributed by atoms with Crippen molar-refractivity contribution in [2.24, 2.45) is 5.10 Å². The van der Waals surface area contributed by atoms with E-state index in [1.807, 2.05) is 6.07 Å². The number of para-hydroxylation sites is 1. The first-order valence-electron chi connectivity index (χ1n) is 7.61. The van der Waals surface area contributed by atoms with Crippen molar-refractivity contribution < 1.29 is 14.3 Å². The third kappa shape index (κ3) is 6.42. The van der Waals surface area contributed by atoms with Gasteiger partial charge in [-0.25, -0.2) is 5.43 Å². The zero-order valence-corrected chi connectivity index (χ0v) is 15.3. The quantitative estimate of drug-likeness (QED) is 0.317. The molecule has 2 amide bonds. The van der Waals surface area contributed by atoms with Gasteiger partial charge in [0.15, 0.2) is 0 Å². The van der Waals surface area contributed by atoms with Gasteiger partial charge >= 0.3 is 0 Å². The van der Waals surface area contributed by atoms with Crippen LogP contribution in [-0.2, 0) is 9.59 Å². The van der Waals surface area contributed by atoms with E-state index in [0.29, 0.717) is 17.0 Å². The molecule has 26 heavy (non-hydrogen) atoms. The molecule has 0 aliphatic heterocycles. The van der Waals surface area contributed by atoms with Crippen LogP contribution in [0.25, 0.3) is 0 Å². The number of terminal acetylenes is 1. The van der Waals surface area contributed by atoms with Gasteiger partial charge in [0.2, 0.25) is 11.8 Å². The zero-order chi connectivity index (χ0) is 18.8. The van der Waals surface area contributed by atoms with Gasteiger partial charge in [-0.05, 0) is 30.3 Å². The normalized spacial score (nSPS) is 10.2. The molecule has 0 unspecified atom stereocenters. The van der Waals surface area contributed by atoms with Gasteiger partial charge in [0.25, 0.3) is 0 Å². The maximum atomic E-state index is 11.8. The smallest absolute Gasteiger partial charge is 0.249 e. The number of halogens is 1. The van der Waals surface area contributed by atoms with Crippen LogP contribution in [0.3, 0.4) is 0 Å². The minimum Gasteiger partial charge on any atom is -0.480 e. The van der Waals surface area contributed by atoms with Gasteiger partial charge in [0.05, 0.1) is 6.21 Å². The molecule has 0 saturated carbocycles. The first-order chi connectivity index (χ1) is 12.6. The summed E-state index contributed by atoms with van der Waals surface area (Å²) in [5, 5.41) is 6.48. The number of ether oxygens (including phenoxy) is 1. The summed E-state index contributed by atoms with van der Waals surface area (Å²) in [5.41, 5.74) is 3.56. The van der Waals surface area contributed by atoms with Gasteiger partial charge in [-0.1, -0.05) is 40.0 Å². The Hall–Kier alpha value is -3.11. The fourth-order valence-corrected chi connectivity index (χ4v) is 2.34. The Kier molecular flexibility index (Phi) is 7.40. The van der Waals surface area contributed by atoms with Crippen molar-refractivity contribution in [3.8, 4) is 18.1 Å². The Morgan fingerprint density at radius 3 is 2.69 bits per heavy atom. The van der Waals surface area contributed by atoms with E-state index in [-0.39, 0.29) is 13.0 Å². The van der Waals surface area contributed by atoms with Gasteiger partial charge in [-0.2, -0.15) is 5.10 Å². The van der Waals surface area contributed by atoms with Gasteiger partial charge in [0.1, 0.15) is 18.8 Å². The second-order valence-electron chi connectivity index (χ2n) is 5.06. The van der Waals surface area contributed by atoms with E-state index in [9.17, 15) is 9.59 Å². The van der Waals surface area contributed by atoms with E-state index >= 15 is 0 Å². The molecular formula is C19H16BrN3O3. The lowest BCUT2D eigenvalue weighted by molar-refractivity contribution is -0.126. The van der Waals surface area contributed by atoms with Crippen LogP contribution in [0.4, 0.5) is 5.69 Å². The topological polar surface area (TPSA) is 79.8 Å². The van der Waals surface area contributed by atoms with Gasteiger partial charge in [-0.3, -0.25) is 9.59 Å². The minimum absolute atomic E-state index is 0.120. The van der Waals surface area contributed by atoms with Crippen LogP contribution in [0, 0.1) is 12.3 Å². The number of anilines is 1. The Morgan fingerprint density at radius 2 is 1.96 bits per heavy atom. The van der Waals surface area contributed by atoms with Crippen molar-refractivity contribution in [3.63, 3.8) is 0 Å². The van der Waals surface area contributed by atoms with Crippen molar-refractivity contribution in [2.75, 3.05) is 11.9 Å². The van der Waals surface area contributed by atoms with Crippen LogP contribution >= 0.6 is 15.9 Å². The van der Waals surface area contributed by atoms with Crippen LogP contribution in [0.2, 0.25) is 0 Å². The standard InChI is InChI=1S/C19H16BrN3O3/c1-2-10-26-17-9-8-15(20)11-14(17)13-21-23-19(25)12-18(24)22-16-6-4-3-5-7-16/h1,3-9,11,13H,10,12H2,(H,22,24)(H,23,25). The molecule has 0 fully saturated rings. The van der Waals surface area contributed by atoms with Gasteiger partial charge in [0, 0.05) is 15.7 Å². The highest BCUT2D eigenvalue weighted by Crippen LogP contribution is 2.21. The van der Waals surface area contributed by atoms with Crippen LogP contribution in [-0.4, -0.2) is 24.6 Å². The predicted molar refractivity (Wildman–Crippen MR) is 104 cm³/mol. The molecule has 2 N–H and O–H groups in total. The second kappa shape index (κ2) is 10.0. The number of carbonyl (C=O) groups excluding carboxylic acids is 2. The van der Waals surface area contributed by atoms with E-state index in [2.05, 4.69) is 37.7 Å². The third-order valence-corrected chi connectivity index (χ3v) is 3.55. The fraction of sp³-hybridized carbons (Fsp3) is 0.105. The first kappa shape index (κ1) is 19.2. The number of hydrazone groups is 1. The summed E-state index contributed by atoms with van der Waals surface area (Å²) in [6, 6.07) is 14.2. The van der Waals surface area contributed by atoms with Gasteiger partial charge in [-0.15, -0.1) is 6.42 Å². The molecule has 0 heterocycles. The van der Waals surface area contributed by atoms with Crippen molar-refractivity contribution in [1.29, 1.82) is 0 Å². The highest BCUT2D eigenvalue weighted by molar-refractivity contribution is 9.10. The number of nitrogens with zero attached hydrogens (tertiary/aromatic N) is 1. The maximum Gasteiger partial charge on any atom is 0.249 e. The minimum atomic E-state index is -0.532. The molecule has 2 aromatic carbocycles. The number of hydrogen-bond acceptors (Lipinski definition) is 4. The summed E-state index contributed by atoms with van der Waals surface area (Å²) < 4.78 is 6.22. The summed E-state index contributed by atoms with van der Waals surface area (Å²) in [6.45, 7) is 0.120. The molecule has 2 aromatic rings. The summed E-state index contributed by atoms with van der Waals surface area (Å²) >= 11 is 3.35. The fourth-order valence-electron chi connectivity index (χ4n) is 1.96. The zero-order valence-electron chi connectivity index (χ0n) is 13.7. The van der Waals surface area contributed by atoms with Crippen molar-refractivity contribution in [1.82, 2.24) is 5.43 Å². The van der Waals surface area contributed by atoms with Crippen molar-refractivity contribution >= 4 is 39.6 Å². The number of rotatable bonds is 7. The predicted octanol–water partition coefficient (Wildman–Crippen LogP) is 2.94. The van der Waals surface area contributed by atoms with E-state index in [4.69, 9.17) is 11.2 Å². The van der Waals surface area contributed by atoms with Gasteiger partial charge < -0.3 is 10.1 Å². The van der Waals surface area contributed by atoms with E-state index in [1.54, 1.807) is 42.5 Å². The maximum absolute atomic E-state index is 11.8. The van der Waals surface area contributed by atoms with E-state index < -0.39 is 11.8 Å². The Balaban J connectivity index is 1.89. The molecule has 2 rings (SSSR count). The lowest BCUT2D eigenvalue weighted by Crippen LogP contribution is -2.24. The molecule has 0 radical (unpaired) electrons. The number of benzene rings is 2. The molecule has 0 aliphatic carbocycles. The summed E-state index contributed by atoms with van der Waals surface area (Å²) in [5.74, 6) is 1.96.